The summed E-state index contributed by atoms with van der Waals surface area (Å²) in [6.07, 6.45) is 0. The van der Waals surface area contributed by atoms with Gasteiger partial charge in [-0.2, -0.15) is 0 Å². The van der Waals surface area contributed by atoms with Crippen molar-refractivity contribution in [2.24, 2.45) is 7.05 Å². The minimum atomic E-state index is -0.0466. The van der Waals surface area contributed by atoms with Crippen molar-refractivity contribution < 1.29 is 9.21 Å². The predicted octanol–water partition coefficient (Wildman–Crippen LogP) is 4.20. The van der Waals surface area contributed by atoms with Gasteiger partial charge in [-0.3, -0.25) is 4.79 Å². The number of hydrogen-bond donors (Lipinski definition) is 1. The topological polar surface area (TPSA) is 73.0 Å². The summed E-state index contributed by atoms with van der Waals surface area (Å²) < 4.78 is 7.71. The van der Waals surface area contributed by atoms with Gasteiger partial charge in [0.25, 0.3) is 0 Å². The van der Waals surface area contributed by atoms with Crippen molar-refractivity contribution in [3.63, 3.8) is 0 Å². The minimum Gasteiger partial charge on any atom is -0.453 e. The standard InChI is InChI=1S/C21H20N4O2S/c1-14(15-8-4-3-5-9-15)22-19(26)13-28-21-24-23-20(25(21)2)18-12-16-10-6-7-11-17(16)27-18/h3-12,14H,13H2,1-2H3,(H,22,26)/t14-/m0/s1. The lowest BCUT2D eigenvalue weighted by Crippen LogP contribution is -2.28. The number of rotatable bonds is 6. The van der Waals surface area contributed by atoms with Gasteiger partial charge in [-0.15, -0.1) is 10.2 Å². The van der Waals surface area contributed by atoms with E-state index in [4.69, 9.17) is 4.42 Å². The number of nitrogens with one attached hydrogen (secondary N) is 1. The quantitative estimate of drug-likeness (QED) is 0.498. The average molecular weight is 392 g/mol. The molecule has 2 aromatic carbocycles. The summed E-state index contributed by atoms with van der Waals surface area (Å²) in [5, 5.41) is 13.1. The normalized spacial score (nSPS) is 12.2. The first-order valence-electron chi connectivity index (χ1n) is 8.97. The molecule has 4 aromatic rings. The summed E-state index contributed by atoms with van der Waals surface area (Å²) in [5.74, 6) is 1.51. The largest absolute Gasteiger partial charge is 0.453 e. The average Bonchev–Trinajstić information content (AvgIpc) is 3.30. The molecule has 0 saturated carbocycles. The maximum atomic E-state index is 12.3. The Balaban J connectivity index is 1.41. The van der Waals surface area contributed by atoms with Crippen LogP contribution in [-0.4, -0.2) is 26.4 Å². The first-order chi connectivity index (χ1) is 13.6. The molecule has 0 saturated heterocycles. The Morgan fingerprint density at radius 3 is 2.68 bits per heavy atom. The molecule has 1 N–H and O–H groups in total. The van der Waals surface area contributed by atoms with E-state index in [1.54, 1.807) is 0 Å². The third-order valence-corrected chi connectivity index (χ3v) is 5.51. The van der Waals surface area contributed by atoms with Gasteiger partial charge in [0.1, 0.15) is 5.58 Å². The molecule has 28 heavy (non-hydrogen) atoms. The Bertz CT molecular complexity index is 1070. The molecule has 0 aliphatic heterocycles. The van der Waals surface area contributed by atoms with Crippen molar-refractivity contribution in [2.75, 3.05) is 5.75 Å². The summed E-state index contributed by atoms with van der Waals surface area (Å²) in [4.78, 5) is 12.3. The minimum absolute atomic E-state index is 0.0418. The number of nitrogens with zero attached hydrogens (tertiary/aromatic N) is 3. The number of benzene rings is 2. The lowest BCUT2D eigenvalue weighted by Gasteiger charge is -2.13. The number of furan rings is 1. The second-order valence-electron chi connectivity index (χ2n) is 6.50. The number of thioether (sulfide) groups is 1. The van der Waals surface area contributed by atoms with Crippen LogP contribution in [0.5, 0.6) is 0 Å². The number of aromatic nitrogens is 3. The maximum absolute atomic E-state index is 12.3. The number of fused-ring (bicyclic) bond motifs is 1. The van der Waals surface area contributed by atoms with E-state index in [0.29, 0.717) is 16.7 Å². The van der Waals surface area contributed by atoms with Gasteiger partial charge in [-0.1, -0.05) is 60.3 Å². The van der Waals surface area contributed by atoms with Crippen LogP contribution in [-0.2, 0) is 11.8 Å². The van der Waals surface area contributed by atoms with E-state index < -0.39 is 0 Å². The molecule has 142 valence electrons. The number of carbonyl (C=O) groups excluding carboxylic acids is 1. The van der Waals surface area contributed by atoms with E-state index in [2.05, 4.69) is 15.5 Å². The molecule has 0 fully saturated rings. The maximum Gasteiger partial charge on any atom is 0.230 e. The smallest absolute Gasteiger partial charge is 0.230 e. The molecular weight excluding hydrogens is 372 g/mol. The van der Waals surface area contributed by atoms with Gasteiger partial charge < -0.3 is 14.3 Å². The number of amides is 1. The fourth-order valence-electron chi connectivity index (χ4n) is 2.99. The van der Waals surface area contributed by atoms with E-state index in [-0.39, 0.29) is 17.7 Å². The highest BCUT2D eigenvalue weighted by Gasteiger charge is 2.17. The third-order valence-electron chi connectivity index (χ3n) is 4.49. The first kappa shape index (κ1) is 18.3. The van der Waals surface area contributed by atoms with Crippen molar-refractivity contribution >= 4 is 28.6 Å². The van der Waals surface area contributed by atoms with Crippen molar-refractivity contribution in [2.45, 2.75) is 18.1 Å². The lowest BCUT2D eigenvalue weighted by molar-refractivity contribution is -0.119. The molecule has 0 bridgehead atoms. The van der Waals surface area contributed by atoms with Crippen LogP contribution in [0.15, 0.2) is 70.2 Å². The van der Waals surface area contributed by atoms with E-state index in [1.165, 1.54) is 11.8 Å². The molecular formula is C21H20N4O2S. The second kappa shape index (κ2) is 7.90. The SMILES string of the molecule is C[C@H](NC(=O)CSc1nnc(-c2cc3ccccc3o2)n1C)c1ccccc1. The molecule has 0 aliphatic carbocycles. The molecule has 1 atom stereocenters. The number of hydrogen-bond acceptors (Lipinski definition) is 5. The monoisotopic (exact) mass is 392 g/mol. The Morgan fingerprint density at radius 1 is 1.14 bits per heavy atom. The second-order valence-corrected chi connectivity index (χ2v) is 7.44. The van der Waals surface area contributed by atoms with Crippen LogP contribution < -0.4 is 5.32 Å². The van der Waals surface area contributed by atoms with Gasteiger partial charge in [0.2, 0.25) is 5.91 Å². The molecule has 0 aliphatic rings. The predicted molar refractivity (Wildman–Crippen MR) is 110 cm³/mol. The molecule has 0 spiro atoms. The third kappa shape index (κ3) is 3.80. The fourth-order valence-corrected chi connectivity index (χ4v) is 3.71. The van der Waals surface area contributed by atoms with Crippen LogP contribution in [0.1, 0.15) is 18.5 Å². The highest BCUT2D eigenvalue weighted by molar-refractivity contribution is 7.99. The van der Waals surface area contributed by atoms with E-state index in [9.17, 15) is 4.79 Å². The summed E-state index contributed by atoms with van der Waals surface area (Å²) in [7, 11) is 1.87. The van der Waals surface area contributed by atoms with E-state index >= 15 is 0 Å². The van der Waals surface area contributed by atoms with Crippen molar-refractivity contribution in [1.82, 2.24) is 20.1 Å². The Kier molecular flexibility index (Phi) is 5.16. The first-order valence-corrected chi connectivity index (χ1v) is 9.96. The van der Waals surface area contributed by atoms with Gasteiger partial charge in [0, 0.05) is 12.4 Å². The Morgan fingerprint density at radius 2 is 1.89 bits per heavy atom. The van der Waals surface area contributed by atoms with Crippen molar-refractivity contribution in [3.05, 3.63) is 66.2 Å². The van der Waals surface area contributed by atoms with Crippen molar-refractivity contribution in [3.8, 4) is 11.6 Å². The Labute approximate surface area is 167 Å². The summed E-state index contributed by atoms with van der Waals surface area (Å²) in [6.45, 7) is 1.97. The summed E-state index contributed by atoms with van der Waals surface area (Å²) in [6, 6.07) is 19.6. The zero-order valence-electron chi connectivity index (χ0n) is 15.6. The highest BCUT2D eigenvalue weighted by Crippen LogP contribution is 2.28. The van der Waals surface area contributed by atoms with Crippen LogP contribution in [0, 0.1) is 0 Å². The van der Waals surface area contributed by atoms with Crippen LogP contribution >= 0.6 is 11.8 Å². The van der Waals surface area contributed by atoms with Gasteiger partial charge in [-0.05, 0) is 24.6 Å². The molecule has 7 heteroatoms. The van der Waals surface area contributed by atoms with Gasteiger partial charge >= 0.3 is 0 Å². The lowest BCUT2D eigenvalue weighted by atomic mass is 10.1. The van der Waals surface area contributed by atoms with Gasteiger partial charge in [0.15, 0.2) is 16.7 Å². The molecule has 2 aromatic heterocycles. The molecule has 2 heterocycles. The van der Waals surface area contributed by atoms with Crippen LogP contribution in [0.3, 0.4) is 0 Å². The zero-order valence-corrected chi connectivity index (χ0v) is 16.4. The highest BCUT2D eigenvalue weighted by atomic mass is 32.2. The summed E-state index contributed by atoms with van der Waals surface area (Å²) >= 11 is 1.35. The number of carbonyl (C=O) groups is 1. The van der Waals surface area contributed by atoms with E-state index in [0.717, 1.165) is 16.5 Å². The molecule has 6 nitrogen and oxygen atoms in total. The zero-order chi connectivity index (χ0) is 19.5. The molecule has 4 rings (SSSR count). The Hall–Kier alpha value is -3.06. The van der Waals surface area contributed by atoms with Crippen LogP contribution in [0.2, 0.25) is 0 Å². The van der Waals surface area contributed by atoms with Gasteiger partial charge in [0.05, 0.1) is 11.8 Å². The van der Waals surface area contributed by atoms with Gasteiger partial charge in [-0.25, -0.2) is 0 Å². The van der Waals surface area contributed by atoms with Crippen LogP contribution in [0.25, 0.3) is 22.6 Å². The molecule has 1 amide bonds. The summed E-state index contributed by atoms with van der Waals surface area (Å²) in [5.41, 5.74) is 1.88. The molecule has 0 radical (unpaired) electrons. The van der Waals surface area contributed by atoms with Crippen molar-refractivity contribution in [1.29, 1.82) is 0 Å². The molecule has 0 unspecified atom stereocenters. The number of para-hydroxylation sites is 1. The van der Waals surface area contributed by atoms with Crippen LogP contribution in [0.4, 0.5) is 0 Å². The fraction of sp³-hybridized carbons (Fsp3) is 0.190. The van der Waals surface area contributed by atoms with E-state index in [1.807, 2.05) is 79.2 Å².